The standard InChI is InChI=1S/C15H14BrNO/c16-14-3-1-2-11-9-12(6-7-13(11)14)17-15(18)8-10-4-5-10/h1-3,6-7,9-10H,4-5,8H2,(H,17,18). The summed E-state index contributed by atoms with van der Waals surface area (Å²) in [6, 6.07) is 12.1. The van der Waals surface area contributed by atoms with Crippen molar-refractivity contribution in [2.45, 2.75) is 19.3 Å². The largest absolute Gasteiger partial charge is 0.326 e. The third kappa shape index (κ3) is 2.56. The molecule has 1 aliphatic rings. The molecule has 1 fully saturated rings. The number of rotatable bonds is 3. The van der Waals surface area contributed by atoms with E-state index in [-0.39, 0.29) is 5.91 Å². The van der Waals surface area contributed by atoms with Crippen LogP contribution >= 0.6 is 15.9 Å². The molecule has 1 saturated carbocycles. The molecule has 1 amide bonds. The Labute approximate surface area is 115 Å². The van der Waals surface area contributed by atoms with Crippen LogP contribution in [0.25, 0.3) is 10.8 Å². The van der Waals surface area contributed by atoms with Crippen LogP contribution in [-0.2, 0) is 4.79 Å². The number of amides is 1. The fraction of sp³-hybridized carbons (Fsp3) is 0.267. The van der Waals surface area contributed by atoms with E-state index in [1.807, 2.05) is 30.3 Å². The van der Waals surface area contributed by atoms with Crippen LogP contribution in [0.3, 0.4) is 0 Å². The first-order valence-corrected chi connectivity index (χ1v) is 7.00. The topological polar surface area (TPSA) is 29.1 Å². The molecule has 92 valence electrons. The smallest absolute Gasteiger partial charge is 0.224 e. The molecule has 0 unspecified atom stereocenters. The molecule has 2 aromatic carbocycles. The summed E-state index contributed by atoms with van der Waals surface area (Å²) in [5, 5.41) is 5.27. The lowest BCUT2D eigenvalue weighted by Crippen LogP contribution is -2.11. The Morgan fingerprint density at radius 3 is 2.89 bits per heavy atom. The second-order valence-corrected chi connectivity index (χ2v) is 5.73. The fourth-order valence-corrected chi connectivity index (χ4v) is 2.63. The Balaban J connectivity index is 1.82. The number of carbonyl (C=O) groups excluding carboxylic acids is 1. The summed E-state index contributed by atoms with van der Waals surface area (Å²) in [5.41, 5.74) is 0.881. The Kier molecular flexibility index (Phi) is 3.08. The molecule has 2 aromatic rings. The van der Waals surface area contributed by atoms with Crippen LogP contribution in [0.5, 0.6) is 0 Å². The normalized spacial score (nSPS) is 14.7. The molecule has 0 aromatic heterocycles. The van der Waals surface area contributed by atoms with Crippen LogP contribution in [-0.4, -0.2) is 5.91 Å². The molecule has 3 rings (SSSR count). The van der Waals surface area contributed by atoms with Crippen molar-refractivity contribution in [2.75, 3.05) is 5.32 Å². The van der Waals surface area contributed by atoms with E-state index in [0.29, 0.717) is 12.3 Å². The van der Waals surface area contributed by atoms with Crippen molar-refractivity contribution in [3.63, 3.8) is 0 Å². The first-order chi connectivity index (χ1) is 8.72. The van der Waals surface area contributed by atoms with E-state index >= 15 is 0 Å². The summed E-state index contributed by atoms with van der Waals surface area (Å²) in [4.78, 5) is 11.7. The number of carbonyl (C=O) groups is 1. The van der Waals surface area contributed by atoms with Crippen LogP contribution in [0.2, 0.25) is 0 Å². The molecule has 1 aliphatic carbocycles. The van der Waals surface area contributed by atoms with E-state index in [0.717, 1.165) is 20.9 Å². The number of hydrogen-bond donors (Lipinski definition) is 1. The molecule has 0 bridgehead atoms. The highest BCUT2D eigenvalue weighted by molar-refractivity contribution is 9.10. The highest BCUT2D eigenvalue weighted by Gasteiger charge is 2.24. The van der Waals surface area contributed by atoms with E-state index in [2.05, 4.69) is 27.3 Å². The number of anilines is 1. The molecular formula is C15H14BrNO. The third-order valence-corrected chi connectivity index (χ3v) is 3.97. The highest BCUT2D eigenvalue weighted by atomic mass is 79.9. The second-order valence-electron chi connectivity index (χ2n) is 4.87. The molecular weight excluding hydrogens is 290 g/mol. The summed E-state index contributed by atoms with van der Waals surface area (Å²) >= 11 is 3.53. The van der Waals surface area contributed by atoms with Crippen molar-refractivity contribution in [1.82, 2.24) is 0 Å². The van der Waals surface area contributed by atoms with E-state index in [9.17, 15) is 4.79 Å². The van der Waals surface area contributed by atoms with Gasteiger partial charge in [0.1, 0.15) is 0 Å². The van der Waals surface area contributed by atoms with Crippen molar-refractivity contribution in [3.05, 3.63) is 40.9 Å². The van der Waals surface area contributed by atoms with Crippen LogP contribution in [0.4, 0.5) is 5.69 Å². The molecule has 2 nitrogen and oxygen atoms in total. The minimum Gasteiger partial charge on any atom is -0.326 e. The van der Waals surface area contributed by atoms with Gasteiger partial charge in [-0.1, -0.05) is 34.1 Å². The van der Waals surface area contributed by atoms with Gasteiger partial charge in [0.15, 0.2) is 0 Å². The van der Waals surface area contributed by atoms with Crippen LogP contribution in [0, 0.1) is 5.92 Å². The molecule has 0 radical (unpaired) electrons. The summed E-state index contributed by atoms with van der Waals surface area (Å²) < 4.78 is 1.08. The van der Waals surface area contributed by atoms with Crippen molar-refractivity contribution in [1.29, 1.82) is 0 Å². The van der Waals surface area contributed by atoms with Gasteiger partial charge >= 0.3 is 0 Å². The van der Waals surface area contributed by atoms with E-state index in [1.165, 1.54) is 12.8 Å². The van der Waals surface area contributed by atoms with E-state index < -0.39 is 0 Å². The summed E-state index contributed by atoms with van der Waals surface area (Å²) in [6.45, 7) is 0. The van der Waals surface area contributed by atoms with Crippen molar-refractivity contribution in [2.24, 2.45) is 5.92 Å². The average Bonchev–Trinajstić information content (AvgIpc) is 3.13. The van der Waals surface area contributed by atoms with Gasteiger partial charge in [-0.25, -0.2) is 0 Å². The first-order valence-electron chi connectivity index (χ1n) is 6.20. The number of nitrogens with one attached hydrogen (secondary N) is 1. The predicted octanol–water partition coefficient (Wildman–Crippen LogP) is 4.34. The van der Waals surface area contributed by atoms with Crippen LogP contribution in [0.15, 0.2) is 40.9 Å². The van der Waals surface area contributed by atoms with E-state index in [4.69, 9.17) is 0 Å². The zero-order valence-corrected chi connectivity index (χ0v) is 11.5. The van der Waals surface area contributed by atoms with Gasteiger partial charge in [-0.3, -0.25) is 4.79 Å². The maximum atomic E-state index is 11.7. The van der Waals surface area contributed by atoms with Crippen LogP contribution < -0.4 is 5.32 Å². The lowest BCUT2D eigenvalue weighted by atomic mass is 10.1. The van der Waals surface area contributed by atoms with Gasteiger partial charge < -0.3 is 5.32 Å². The van der Waals surface area contributed by atoms with Crippen LogP contribution in [0.1, 0.15) is 19.3 Å². The molecule has 0 aliphatic heterocycles. The monoisotopic (exact) mass is 303 g/mol. The SMILES string of the molecule is O=C(CC1CC1)Nc1ccc2c(Br)cccc2c1. The first kappa shape index (κ1) is 11.7. The number of benzene rings is 2. The van der Waals surface area contributed by atoms with Crippen molar-refractivity contribution < 1.29 is 4.79 Å². The third-order valence-electron chi connectivity index (χ3n) is 3.28. The zero-order chi connectivity index (χ0) is 12.5. The maximum Gasteiger partial charge on any atom is 0.224 e. The molecule has 18 heavy (non-hydrogen) atoms. The summed E-state index contributed by atoms with van der Waals surface area (Å²) in [5.74, 6) is 0.756. The Hall–Kier alpha value is -1.35. The van der Waals surface area contributed by atoms with Gasteiger partial charge in [-0.15, -0.1) is 0 Å². The lowest BCUT2D eigenvalue weighted by molar-refractivity contribution is -0.116. The Morgan fingerprint density at radius 1 is 1.28 bits per heavy atom. The number of halogens is 1. The molecule has 3 heteroatoms. The van der Waals surface area contributed by atoms with Gasteiger partial charge in [0.05, 0.1) is 0 Å². The summed E-state index contributed by atoms with van der Waals surface area (Å²) in [7, 11) is 0. The Morgan fingerprint density at radius 2 is 2.11 bits per heavy atom. The second kappa shape index (κ2) is 4.73. The number of hydrogen-bond acceptors (Lipinski definition) is 1. The molecule has 0 heterocycles. The van der Waals surface area contributed by atoms with E-state index in [1.54, 1.807) is 0 Å². The fourth-order valence-electron chi connectivity index (χ4n) is 2.12. The minimum atomic E-state index is 0.131. The molecule has 0 saturated heterocycles. The Bertz CT molecular complexity index is 604. The zero-order valence-electron chi connectivity index (χ0n) is 9.95. The molecule has 0 spiro atoms. The summed E-state index contributed by atoms with van der Waals surface area (Å²) in [6.07, 6.45) is 3.08. The number of fused-ring (bicyclic) bond motifs is 1. The lowest BCUT2D eigenvalue weighted by Gasteiger charge is -2.07. The van der Waals surface area contributed by atoms with Gasteiger partial charge in [0.2, 0.25) is 5.91 Å². The minimum absolute atomic E-state index is 0.131. The van der Waals surface area contributed by atoms with Crippen molar-refractivity contribution >= 4 is 38.3 Å². The van der Waals surface area contributed by atoms with Gasteiger partial charge in [-0.2, -0.15) is 0 Å². The van der Waals surface area contributed by atoms with Gasteiger partial charge in [0.25, 0.3) is 0 Å². The average molecular weight is 304 g/mol. The maximum absolute atomic E-state index is 11.7. The van der Waals surface area contributed by atoms with Gasteiger partial charge in [0, 0.05) is 16.6 Å². The molecule has 0 atom stereocenters. The quantitative estimate of drug-likeness (QED) is 0.898. The van der Waals surface area contributed by atoms with Crippen molar-refractivity contribution in [3.8, 4) is 0 Å². The predicted molar refractivity (Wildman–Crippen MR) is 77.6 cm³/mol. The molecule has 1 N–H and O–H groups in total. The highest BCUT2D eigenvalue weighted by Crippen LogP contribution is 2.33. The van der Waals surface area contributed by atoms with Gasteiger partial charge in [-0.05, 0) is 47.7 Å².